The lowest BCUT2D eigenvalue weighted by Gasteiger charge is -2.18. The molecule has 0 saturated carbocycles. The zero-order valence-electron chi connectivity index (χ0n) is 19.2. The number of halogens is 2. The molecule has 0 radical (unpaired) electrons. The van der Waals surface area contributed by atoms with E-state index >= 15 is 0 Å². The molecule has 180 valence electrons. The van der Waals surface area contributed by atoms with E-state index in [2.05, 4.69) is 15.5 Å². The number of aryl methyl sites for hydroxylation is 1. The number of aromatic nitrogens is 4. The van der Waals surface area contributed by atoms with Crippen molar-refractivity contribution >= 4 is 16.7 Å². The van der Waals surface area contributed by atoms with Gasteiger partial charge in [-0.15, -0.1) is 0 Å². The van der Waals surface area contributed by atoms with Crippen LogP contribution in [0.25, 0.3) is 22.0 Å². The third kappa shape index (κ3) is 5.16. The van der Waals surface area contributed by atoms with Gasteiger partial charge in [0, 0.05) is 30.1 Å². The minimum absolute atomic E-state index is 0.0532. The smallest absolute Gasteiger partial charge is 0.274 e. The third-order valence-corrected chi connectivity index (χ3v) is 5.69. The van der Waals surface area contributed by atoms with Crippen molar-refractivity contribution in [2.75, 3.05) is 0 Å². The summed E-state index contributed by atoms with van der Waals surface area (Å²) in [6.07, 6.45) is 0.457. The van der Waals surface area contributed by atoms with Crippen molar-refractivity contribution in [3.05, 3.63) is 92.6 Å². The summed E-state index contributed by atoms with van der Waals surface area (Å²) in [5.74, 6) is -2.31. The Morgan fingerprint density at radius 2 is 1.74 bits per heavy atom. The molecule has 35 heavy (non-hydrogen) atoms. The van der Waals surface area contributed by atoms with Gasteiger partial charge in [0.25, 0.3) is 11.1 Å². The Morgan fingerprint density at radius 1 is 1.00 bits per heavy atom. The Morgan fingerprint density at radius 3 is 2.46 bits per heavy atom. The second kappa shape index (κ2) is 9.96. The summed E-state index contributed by atoms with van der Waals surface area (Å²) < 4.78 is 29.3. The van der Waals surface area contributed by atoms with Crippen LogP contribution in [0.5, 0.6) is 0 Å². The van der Waals surface area contributed by atoms with Gasteiger partial charge in [-0.05, 0) is 36.8 Å². The topological polar surface area (TPSA) is 98.9 Å². The van der Waals surface area contributed by atoms with Crippen molar-refractivity contribution in [2.45, 2.75) is 32.4 Å². The molecule has 4 rings (SSSR count). The molecule has 8 nitrogen and oxygen atoms in total. The molecule has 4 aromatic rings. The molecule has 2 aromatic heterocycles. The molecule has 10 heteroatoms. The van der Waals surface area contributed by atoms with Crippen LogP contribution in [0, 0.1) is 11.6 Å². The highest BCUT2D eigenvalue weighted by atomic mass is 19.2. The third-order valence-electron chi connectivity index (χ3n) is 5.69. The van der Waals surface area contributed by atoms with E-state index in [-0.39, 0.29) is 24.4 Å². The predicted octanol–water partition coefficient (Wildman–Crippen LogP) is 2.57. The molecule has 0 aliphatic rings. The zero-order valence-corrected chi connectivity index (χ0v) is 19.2. The van der Waals surface area contributed by atoms with Crippen LogP contribution < -0.4 is 16.4 Å². The number of benzene rings is 2. The van der Waals surface area contributed by atoms with Crippen LogP contribution in [0.4, 0.5) is 8.78 Å². The fraction of sp³-hybridized carbons (Fsp3) is 0.240. The maximum absolute atomic E-state index is 13.6. The van der Waals surface area contributed by atoms with Gasteiger partial charge in [0.05, 0.1) is 29.7 Å². The molecule has 1 N–H and O–H groups in total. The normalized spacial score (nSPS) is 12.0. The number of nitrogens with zero attached hydrogens (tertiary/aromatic N) is 4. The summed E-state index contributed by atoms with van der Waals surface area (Å²) >= 11 is 0. The van der Waals surface area contributed by atoms with Gasteiger partial charge in [-0.3, -0.25) is 14.4 Å². The summed E-state index contributed by atoms with van der Waals surface area (Å²) in [7, 11) is 1.53. The number of rotatable bonds is 7. The average molecular weight is 479 g/mol. The molecule has 0 saturated heterocycles. The van der Waals surface area contributed by atoms with Gasteiger partial charge in [-0.25, -0.2) is 18.1 Å². The predicted molar refractivity (Wildman–Crippen MR) is 127 cm³/mol. The number of nitrogens with one attached hydrogen (secondary N) is 1. The number of hydrogen-bond acceptors (Lipinski definition) is 5. The number of amides is 1. The molecule has 2 heterocycles. The molecular weight excluding hydrogens is 456 g/mol. The van der Waals surface area contributed by atoms with Gasteiger partial charge in [0.2, 0.25) is 5.91 Å². The Hall–Kier alpha value is -4.21. The van der Waals surface area contributed by atoms with Crippen molar-refractivity contribution < 1.29 is 13.6 Å². The lowest BCUT2D eigenvalue weighted by Crippen LogP contribution is -2.41. The van der Waals surface area contributed by atoms with Crippen LogP contribution in [0.1, 0.15) is 19.0 Å². The summed E-state index contributed by atoms with van der Waals surface area (Å²) in [5.41, 5.74) is 0.441. The molecule has 0 aliphatic heterocycles. The highest BCUT2D eigenvalue weighted by molar-refractivity contribution is 5.88. The van der Waals surface area contributed by atoms with Gasteiger partial charge in [-0.2, -0.15) is 10.2 Å². The van der Waals surface area contributed by atoms with Crippen molar-refractivity contribution in [3.63, 3.8) is 0 Å². The minimum atomic E-state index is -1.01. The Labute approximate surface area is 198 Å². The van der Waals surface area contributed by atoms with Crippen LogP contribution in [0.2, 0.25) is 0 Å². The maximum Gasteiger partial charge on any atom is 0.274 e. The average Bonchev–Trinajstić information content (AvgIpc) is 2.85. The van der Waals surface area contributed by atoms with E-state index in [4.69, 9.17) is 0 Å². The lowest BCUT2D eigenvalue weighted by molar-refractivity contribution is -0.121. The van der Waals surface area contributed by atoms with Gasteiger partial charge in [0.15, 0.2) is 11.6 Å². The minimum Gasteiger partial charge on any atom is -0.351 e. The molecule has 0 fully saturated rings. The number of hydrogen-bond donors (Lipinski definition) is 1. The van der Waals surface area contributed by atoms with Crippen LogP contribution >= 0.6 is 0 Å². The first-order valence-corrected chi connectivity index (χ1v) is 11.0. The van der Waals surface area contributed by atoms with Crippen molar-refractivity contribution in [1.29, 1.82) is 0 Å². The summed E-state index contributed by atoms with van der Waals surface area (Å²) in [4.78, 5) is 37.5. The molecule has 0 bridgehead atoms. The summed E-state index contributed by atoms with van der Waals surface area (Å²) in [6.45, 7) is 1.94. The van der Waals surface area contributed by atoms with Gasteiger partial charge in [0.1, 0.15) is 0 Å². The van der Waals surface area contributed by atoms with E-state index in [0.29, 0.717) is 34.1 Å². The fourth-order valence-corrected chi connectivity index (χ4v) is 3.81. The fourth-order valence-electron chi connectivity index (χ4n) is 3.81. The molecule has 1 atom stereocenters. The zero-order chi connectivity index (χ0) is 25.1. The number of carbonyl (C=O) groups is 1. The molecular formula is C25H23F2N5O3. The van der Waals surface area contributed by atoms with E-state index in [1.807, 2.05) is 6.92 Å². The SMILES string of the molecule is CC[C@H](Cn1nc(-c2ccc(F)c(F)c2)ccc1=O)NC(=O)Cc1nn(C)c(=O)c2ccccc12. The number of carbonyl (C=O) groups excluding carboxylic acids is 1. The standard InChI is InChI=1S/C25H23F2N5O3/c1-3-16(14-32-24(34)11-10-21(30-32)15-8-9-19(26)20(27)12-15)28-23(33)13-22-17-6-4-5-7-18(17)25(35)31(2)29-22/h4-12,16H,3,13-14H2,1-2H3,(H,28,33)/t16-/m1/s1. The van der Waals surface area contributed by atoms with Crippen LogP contribution in [0.15, 0.2) is 64.2 Å². The largest absolute Gasteiger partial charge is 0.351 e. The highest BCUT2D eigenvalue weighted by Gasteiger charge is 2.17. The Bertz CT molecular complexity index is 1530. The molecule has 2 aromatic carbocycles. The number of fused-ring (bicyclic) bond motifs is 1. The first-order chi connectivity index (χ1) is 16.8. The van der Waals surface area contributed by atoms with E-state index < -0.39 is 23.2 Å². The lowest BCUT2D eigenvalue weighted by atomic mass is 10.1. The van der Waals surface area contributed by atoms with Crippen molar-refractivity contribution in [2.24, 2.45) is 7.05 Å². The maximum atomic E-state index is 13.6. The Balaban J connectivity index is 1.53. The first-order valence-electron chi connectivity index (χ1n) is 11.0. The second-order valence-electron chi connectivity index (χ2n) is 8.14. The van der Waals surface area contributed by atoms with Crippen LogP contribution in [-0.2, 0) is 24.8 Å². The van der Waals surface area contributed by atoms with E-state index in [1.165, 1.54) is 34.6 Å². The molecule has 0 spiro atoms. The van der Waals surface area contributed by atoms with Crippen LogP contribution in [-0.4, -0.2) is 31.5 Å². The van der Waals surface area contributed by atoms with Crippen molar-refractivity contribution in [3.8, 4) is 11.3 Å². The van der Waals surface area contributed by atoms with Gasteiger partial charge < -0.3 is 5.32 Å². The summed E-state index contributed by atoms with van der Waals surface area (Å²) in [6, 6.07) is 12.6. The highest BCUT2D eigenvalue weighted by Crippen LogP contribution is 2.18. The van der Waals surface area contributed by atoms with E-state index in [1.54, 1.807) is 24.3 Å². The first kappa shape index (κ1) is 23.9. The molecule has 0 aliphatic carbocycles. The second-order valence-corrected chi connectivity index (χ2v) is 8.14. The van der Waals surface area contributed by atoms with E-state index in [0.717, 1.165) is 12.1 Å². The molecule has 0 unspecified atom stereocenters. The summed E-state index contributed by atoms with van der Waals surface area (Å²) in [5, 5.41) is 12.5. The monoisotopic (exact) mass is 479 g/mol. The van der Waals surface area contributed by atoms with E-state index in [9.17, 15) is 23.2 Å². The molecule has 1 amide bonds. The quantitative estimate of drug-likeness (QED) is 0.439. The van der Waals surface area contributed by atoms with Crippen molar-refractivity contribution in [1.82, 2.24) is 24.9 Å². The van der Waals surface area contributed by atoms with Crippen LogP contribution in [0.3, 0.4) is 0 Å². The Kier molecular flexibility index (Phi) is 6.81. The van der Waals surface area contributed by atoms with Gasteiger partial charge >= 0.3 is 0 Å². The van der Waals surface area contributed by atoms with Gasteiger partial charge in [-0.1, -0.05) is 25.1 Å².